The minimum Gasteiger partial charge on any atom is -0.354 e. The molecule has 0 radical (unpaired) electrons. The van der Waals surface area contributed by atoms with Gasteiger partial charge in [-0.15, -0.1) is 11.8 Å². The van der Waals surface area contributed by atoms with Gasteiger partial charge in [-0.2, -0.15) is 4.31 Å². The van der Waals surface area contributed by atoms with Gasteiger partial charge >= 0.3 is 0 Å². The molecule has 3 rings (SSSR count). The van der Waals surface area contributed by atoms with Crippen LogP contribution in [0.1, 0.15) is 27.2 Å². The lowest BCUT2D eigenvalue weighted by Crippen LogP contribution is -2.70. The van der Waals surface area contributed by atoms with Gasteiger partial charge in [-0.1, -0.05) is 38.1 Å². The Labute approximate surface area is 200 Å². The number of carbonyl (C=O) groups is 2. The maximum atomic E-state index is 13.5. The maximum Gasteiger partial charge on any atom is 0.247 e. The molecule has 1 aliphatic rings. The van der Waals surface area contributed by atoms with E-state index in [1.165, 1.54) is 28.8 Å². The van der Waals surface area contributed by atoms with Crippen molar-refractivity contribution in [1.29, 1.82) is 0 Å². The number of hydrogen-bond acceptors (Lipinski definition) is 5. The molecule has 1 heterocycles. The molecule has 2 aromatic rings. The van der Waals surface area contributed by atoms with Crippen molar-refractivity contribution in [2.75, 3.05) is 30.8 Å². The number of sulfonamides is 1. The first-order valence-corrected chi connectivity index (χ1v) is 13.6. The lowest BCUT2D eigenvalue weighted by molar-refractivity contribution is -0.132. The predicted molar refractivity (Wildman–Crippen MR) is 132 cm³/mol. The summed E-state index contributed by atoms with van der Waals surface area (Å²) in [5, 5.41) is 2.93. The molecule has 0 aromatic heterocycles. The normalized spacial score (nSPS) is 19.7. The molecule has 33 heavy (non-hydrogen) atoms. The molecule has 1 saturated heterocycles. The number of benzene rings is 2. The van der Waals surface area contributed by atoms with Crippen LogP contribution in [0.25, 0.3) is 0 Å². The van der Waals surface area contributed by atoms with Crippen LogP contribution in [0, 0.1) is 5.92 Å². The maximum absolute atomic E-state index is 13.5. The molecule has 9 heteroatoms. The van der Waals surface area contributed by atoms with E-state index in [2.05, 4.69) is 19.2 Å². The number of piperazine rings is 1. The van der Waals surface area contributed by atoms with Gasteiger partial charge in [-0.25, -0.2) is 8.42 Å². The van der Waals surface area contributed by atoms with E-state index >= 15 is 0 Å². The first-order valence-electron chi connectivity index (χ1n) is 10.9. The summed E-state index contributed by atoms with van der Waals surface area (Å²) in [4.78, 5) is 29.4. The van der Waals surface area contributed by atoms with Crippen LogP contribution in [-0.4, -0.2) is 56.0 Å². The molecule has 2 aromatic carbocycles. The summed E-state index contributed by atoms with van der Waals surface area (Å²) in [6, 6.07) is 15.4. The van der Waals surface area contributed by atoms with Crippen molar-refractivity contribution in [2.45, 2.75) is 42.5 Å². The summed E-state index contributed by atoms with van der Waals surface area (Å²) >= 11 is 1.53. The van der Waals surface area contributed by atoms with Crippen molar-refractivity contribution in [2.24, 2.45) is 5.92 Å². The van der Waals surface area contributed by atoms with Crippen molar-refractivity contribution >= 4 is 39.3 Å². The molecule has 7 nitrogen and oxygen atoms in total. The summed E-state index contributed by atoms with van der Waals surface area (Å²) < 4.78 is 27.7. The Morgan fingerprint density at radius 1 is 1.15 bits per heavy atom. The number of carbonyl (C=O) groups excluding carboxylic acids is 2. The quantitative estimate of drug-likeness (QED) is 0.575. The Balaban J connectivity index is 2.02. The summed E-state index contributed by atoms with van der Waals surface area (Å²) in [5.74, 6) is -0.421. The van der Waals surface area contributed by atoms with Crippen molar-refractivity contribution < 1.29 is 18.0 Å². The average molecular weight is 490 g/mol. The number of hydrogen-bond donors (Lipinski definition) is 1. The van der Waals surface area contributed by atoms with Gasteiger partial charge in [0.25, 0.3) is 0 Å². The molecule has 0 spiro atoms. The fourth-order valence-electron chi connectivity index (χ4n) is 3.89. The average Bonchev–Trinajstić information content (AvgIpc) is 2.79. The summed E-state index contributed by atoms with van der Waals surface area (Å²) in [6.07, 6.45) is 2.72. The second-order valence-corrected chi connectivity index (χ2v) is 11.5. The van der Waals surface area contributed by atoms with E-state index in [9.17, 15) is 18.0 Å². The summed E-state index contributed by atoms with van der Waals surface area (Å²) in [5.41, 5.74) is -0.837. The summed E-state index contributed by atoms with van der Waals surface area (Å²) in [7, 11) is -3.95. The van der Waals surface area contributed by atoms with E-state index in [1.807, 2.05) is 24.5 Å². The molecular weight excluding hydrogens is 458 g/mol. The molecule has 0 saturated carbocycles. The Hall–Kier alpha value is -2.36. The molecule has 0 unspecified atom stereocenters. The molecule has 178 valence electrons. The number of anilines is 1. The van der Waals surface area contributed by atoms with E-state index in [-0.39, 0.29) is 23.9 Å². The zero-order chi connectivity index (χ0) is 24.2. The zero-order valence-corrected chi connectivity index (χ0v) is 21.1. The highest BCUT2D eigenvalue weighted by atomic mass is 32.2. The van der Waals surface area contributed by atoms with Gasteiger partial charge in [0.2, 0.25) is 21.8 Å². The largest absolute Gasteiger partial charge is 0.354 e. The molecule has 1 N–H and O–H groups in total. The highest BCUT2D eigenvalue weighted by Gasteiger charge is 2.51. The number of thioether (sulfide) groups is 1. The van der Waals surface area contributed by atoms with Crippen molar-refractivity contribution in [3.05, 3.63) is 54.6 Å². The van der Waals surface area contributed by atoms with Crippen LogP contribution in [0.3, 0.4) is 0 Å². The highest BCUT2D eigenvalue weighted by Crippen LogP contribution is 2.33. The lowest BCUT2D eigenvalue weighted by Gasteiger charge is -2.46. The third-order valence-corrected chi connectivity index (χ3v) is 8.26. The fourth-order valence-corrected chi connectivity index (χ4v) is 5.85. The van der Waals surface area contributed by atoms with Crippen LogP contribution in [0.15, 0.2) is 64.4 Å². The van der Waals surface area contributed by atoms with Crippen LogP contribution in [-0.2, 0) is 19.6 Å². The Morgan fingerprint density at radius 2 is 1.85 bits per heavy atom. The molecule has 0 aliphatic carbocycles. The zero-order valence-electron chi connectivity index (χ0n) is 19.4. The van der Waals surface area contributed by atoms with Gasteiger partial charge in [0.1, 0.15) is 5.54 Å². The molecule has 1 fully saturated rings. The third kappa shape index (κ3) is 5.42. The predicted octanol–water partition coefficient (Wildman–Crippen LogP) is 3.37. The van der Waals surface area contributed by atoms with Gasteiger partial charge in [-0.3, -0.25) is 14.5 Å². The Kier molecular flexibility index (Phi) is 7.87. The van der Waals surface area contributed by atoms with E-state index in [0.717, 1.165) is 15.6 Å². The number of nitrogens with one attached hydrogen (secondary N) is 1. The van der Waals surface area contributed by atoms with E-state index < -0.39 is 21.5 Å². The van der Waals surface area contributed by atoms with Crippen LogP contribution >= 0.6 is 11.8 Å². The standard InChI is InChI=1S/C24H31N3O4S2/c1-18(2)13-14-25-23(29)24(3)17-26(33(30,31)21-11-6-5-7-12-21)16-22(28)27(24)19-9-8-10-20(15-19)32-4/h5-12,15,18H,13-14,16-17H2,1-4H3,(H,25,29)/t24-/m0/s1. The van der Waals surface area contributed by atoms with Gasteiger partial charge in [0.05, 0.1) is 11.4 Å². The smallest absolute Gasteiger partial charge is 0.247 e. The lowest BCUT2D eigenvalue weighted by atomic mass is 9.94. The number of rotatable bonds is 8. The second-order valence-electron chi connectivity index (χ2n) is 8.73. The van der Waals surface area contributed by atoms with E-state index in [4.69, 9.17) is 0 Å². The third-order valence-electron chi connectivity index (χ3n) is 5.73. The number of nitrogens with zero attached hydrogens (tertiary/aromatic N) is 2. The fraction of sp³-hybridized carbons (Fsp3) is 0.417. The molecule has 1 atom stereocenters. The Bertz CT molecular complexity index is 1110. The monoisotopic (exact) mass is 489 g/mol. The Morgan fingerprint density at radius 3 is 2.48 bits per heavy atom. The first-order chi connectivity index (χ1) is 15.6. The number of amides is 2. The molecular formula is C24H31N3O4S2. The van der Waals surface area contributed by atoms with Gasteiger partial charge in [0, 0.05) is 23.7 Å². The van der Waals surface area contributed by atoms with E-state index in [1.54, 1.807) is 31.2 Å². The SMILES string of the molecule is CSc1cccc(N2C(=O)CN(S(=O)(=O)c3ccccc3)C[C@@]2(C)C(=O)NCCC(C)C)c1. The van der Waals surface area contributed by atoms with Crippen molar-refractivity contribution in [1.82, 2.24) is 9.62 Å². The summed E-state index contributed by atoms with van der Waals surface area (Å²) in [6.45, 7) is 5.72. The van der Waals surface area contributed by atoms with Crippen molar-refractivity contribution in [3.63, 3.8) is 0 Å². The highest BCUT2D eigenvalue weighted by molar-refractivity contribution is 7.98. The van der Waals surface area contributed by atoms with Gasteiger partial charge in [-0.05, 0) is 55.9 Å². The van der Waals surface area contributed by atoms with Gasteiger partial charge in [0.15, 0.2) is 0 Å². The second kappa shape index (κ2) is 10.3. The van der Waals surface area contributed by atoms with Crippen molar-refractivity contribution in [3.8, 4) is 0 Å². The topological polar surface area (TPSA) is 86.8 Å². The van der Waals surface area contributed by atoms with Gasteiger partial charge < -0.3 is 5.32 Å². The van der Waals surface area contributed by atoms with Crippen LogP contribution in [0.5, 0.6) is 0 Å². The molecule has 1 aliphatic heterocycles. The minimum atomic E-state index is -3.95. The van der Waals surface area contributed by atoms with E-state index in [0.29, 0.717) is 18.2 Å². The minimum absolute atomic E-state index is 0.0956. The molecule has 0 bridgehead atoms. The van der Waals surface area contributed by atoms with Crippen LogP contribution < -0.4 is 10.2 Å². The van der Waals surface area contributed by atoms with Crippen LogP contribution in [0.2, 0.25) is 0 Å². The van der Waals surface area contributed by atoms with Crippen LogP contribution in [0.4, 0.5) is 5.69 Å². The molecule has 2 amide bonds. The first kappa shape index (κ1) is 25.3.